The van der Waals surface area contributed by atoms with Crippen molar-refractivity contribution in [2.75, 3.05) is 6.61 Å². The normalized spacial score (nSPS) is 12.2. The molecular weight excluding hydrogens is 228 g/mol. The summed E-state index contributed by atoms with van der Waals surface area (Å²) >= 11 is 0. The zero-order chi connectivity index (χ0) is 13.4. The van der Waals surface area contributed by atoms with Crippen LogP contribution in [0, 0.1) is 0 Å². The summed E-state index contributed by atoms with van der Waals surface area (Å²) in [4.78, 5) is 0. The molecule has 0 aliphatic heterocycles. The number of rotatable bonds is 8. The first-order chi connectivity index (χ1) is 8.71. The van der Waals surface area contributed by atoms with Crippen LogP contribution in [0.15, 0.2) is 18.2 Å². The summed E-state index contributed by atoms with van der Waals surface area (Å²) in [6.45, 7) is 6.94. The molecule has 0 aliphatic rings. The molecule has 1 N–H and O–H groups in total. The fraction of sp³-hybridized carbons (Fsp3) is 0.600. The van der Waals surface area contributed by atoms with Crippen LogP contribution in [0.3, 0.4) is 0 Å². The maximum absolute atomic E-state index is 9.31. The summed E-state index contributed by atoms with van der Waals surface area (Å²) in [5, 5.41) is 9.31. The molecule has 1 aromatic carbocycles. The summed E-state index contributed by atoms with van der Waals surface area (Å²) in [6.07, 6.45) is 3.22. The highest BCUT2D eigenvalue weighted by atomic mass is 16.5. The van der Waals surface area contributed by atoms with Crippen LogP contribution >= 0.6 is 0 Å². The molecule has 0 amide bonds. The Morgan fingerprint density at radius 1 is 1.22 bits per heavy atom. The highest BCUT2D eigenvalue weighted by Gasteiger charge is 2.09. The Kier molecular flexibility index (Phi) is 6.58. The summed E-state index contributed by atoms with van der Waals surface area (Å²) < 4.78 is 11.4. The van der Waals surface area contributed by atoms with E-state index in [1.54, 1.807) is 0 Å². The molecule has 18 heavy (non-hydrogen) atoms. The van der Waals surface area contributed by atoms with E-state index in [-0.39, 0.29) is 12.7 Å². The van der Waals surface area contributed by atoms with Crippen molar-refractivity contribution in [1.82, 2.24) is 0 Å². The van der Waals surface area contributed by atoms with Gasteiger partial charge in [0.25, 0.3) is 0 Å². The van der Waals surface area contributed by atoms with E-state index in [1.807, 2.05) is 25.1 Å². The van der Waals surface area contributed by atoms with Gasteiger partial charge >= 0.3 is 0 Å². The molecule has 1 aromatic rings. The molecule has 0 heterocycles. The van der Waals surface area contributed by atoms with Crippen LogP contribution in [0.5, 0.6) is 11.5 Å². The molecule has 0 saturated carbocycles. The smallest absolute Gasteiger partial charge is 0.128 e. The number of ether oxygens (including phenoxy) is 2. The summed E-state index contributed by atoms with van der Waals surface area (Å²) in [5.74, 6) is 1.53. The number of aliphatic hydroxyl groups is 1. The van der Waals surface area contributed by atoms with Crippen LogP contribution in [0.2, 0.25) is 0 Å². The fourth-order valence-corrected chi connectivity index (χ4v) is 1.77. The molecule has 1 rings (SSSR count). The minimum atomic E-state index is -0.0117. The largest absolute Gasteiger partial charge is 0.493 e. The summed E-state index contributed by atoms with van der Waals surface area (Å²) in [6, 6.07) is 5.60. The van der Waals surface area contributed by atoms with Crippen molar-refractivity contribution in [3.63, 3.8) is 0 Å². The third kappa shape index (κ3) is 4.57. The molecule has 0 radical (unpaired) electrons. The van der Waals surface area contributed by atoms with E-state index >= 15 is 0 Å². The van der Waals surface area contributed by atoms with E-state index in [4.69, 9.17) is 9.47 Å². The molecule has 0 aliphatic carbocycles. The van der Waals surface area contributed by atoms with Crippen LogP contribution in [0.25, 0.3) is 0 Å². The lowest BCUT2D eigenvalue weighted by molar-refractivity contribution is 0.198. The number of aliphatic hydroxyl groups excluding tert-OH is 1. The van der Waals surface area contributed by atoms with Gasteiger partial charge in [0, 0.05) is 11.6 Å². The predicted octanol–water partition coefficient (Wildman–Crippen LogP) is 3.54. The van der Waals surface area contributed by atoms with Gasteiger partial charge in [-0.25, -0.2) is 0 Å². The van der Waals surface area contributed by atoms with Crippen molar-refractivity contribution in [2.45, 2.75) is 52.7 Å². The Labute approximate surface area is 110 Å². The van der Waals surface area contributed by atoms with Crippen molar-refractivity contribution in [1.29, 1.82) is 0 Å². The Bertz CT molecular complexity index is 350. The van der Waals surface area contributed by atoms with E-state index in [1.165, 1.54) is 0 Å². The molecule has 3 nitrogen and oxygen atoms in total. The number of hydrogen-bond donors (Lipinski definition) is 1. The molecular formula is C15H24O3. The lowest BCUT2D eigenvalue weighted by Gasteiger charge is -2.17. The minimum Gasteiger partial charge on any atom is -0.493 e. The predicted molar refractivity (Wildman–Crippen MR) is 73.1 cm³/mol. The first-order valence-electron chi connectivity index (χ1n) is 6.74. The first kappa shape index (κ1) is 14.8. The minimum absolute atomic E-state index is 0.0117. The second-order valence-electron chi connectivity index (χ2n) is 4.49. The van der Waals surface area contributed by atoms with Crippen molar-refractivity contribution in [3.8, 4) is 11.5 Å². The number of benzene rings is 1. The van der Waals surface area contributed by atoms with Gasteiger partial charge in [0.15, 0.2) is 0 Å². The second-order valence-corrected chi connectivity index (χ2v) is 4.49. The Morgan fingerprint density at radius 2 is 2.00 bits per heavy atom. The van der Waals surface area contributed by atoms with Gasteiger partial charge < -0.3 is 14.6 Å². The maximum atomic E-state index is 9.31. The lowest BCUT2D eigenvalue weighted by Crippen LogP contribution is -2.12. The van der Waals surface area contributed by atoms with E-state index in [0.29, 0.717) is 6.61 Å². The van der Waals surface area contributed by atoms with Crippen LogP contribution in [0.4, 0.5) is 0 Å². The topological polar surface area (TPSA) is 38.7 Å². The highest BCUT2D eigenvalue weighted by molar-refractivity contribution is 5.40. The number of hydrogen-bond acceptors (Lipinski definition) is 3. The molecule has 0 saturated heterocycles. The third-order valence-corrected chi connectivity index (χ3v) is 2.71. The van der Waals surface area contributed by atoms with Crippen LogP contribution < -0.4 is 9.47 Å². The molecule has 1 atom stereocenters. The molecule has 0 bridgehead atoms. The van der Waals surface area contributed by atoms with Gasteiger partial charge in [0.1, 0.15) is 11.5 Å². The first-order valence-corrected chi connectivity index (χ1v) is 6.74. The van der Waals surface area contributed by atoms with Crippen LogP contribution in [-0.2, 0) is 6.61 Å². The van der Waals surface area contributed by atoms with Gasteiger partial charge in [-0.2, -0.15) is 0 Å². The second kappa shape index (κ2) is 7.98. The molecule has 0 spiro atoms. The van der Waals surface area contributed by atoms with Gasteiger partial charge in [0.2, 0.25) is 0 Å². The van der Waals surface area contributed by atoms with Gasteiger partial charge in [-0.3, -0.25) is 0 Å². The van der Waals surface area contributed by atoms with Crippen LogP contribution in [0.1, 0.15) is 45.6 Å². The quantitative estimate of drug-likeness (QED) is 0.769. The molecule has 0 aromatic heterocycles. The average molecular weight is 252 g/mol. The summed E-state index contributed by atoms with van der Waals surface area (Å²) in [5.41, 5.74) is 0.807. The van der Waals surface area contributed by atoms with Crippen molar-refractivity contribution in [3.05, 3.63) is 23.8 Å². The zero-order valence-electron chi connectivity index (χ0n) is 11.6. The van der Waals surface area contributed by atoms with Crippen molar-refractivity contribution in [2.24, 2.45) is 0 Å². The van der Waals surface area contributed by atoms with Crippen molar-refractivity contribution < 1.29 is 14.6 Å². The maximum Gasteiger partial charge on any atom is 0.128 e. The van der Waals surface area contributed by atoms with Gasteiger partial charge in [-0.15, -0.1) is 0 Å². The van der Waals surface area contributed by atoms with Gasteiger partial charge in [-0.05, 0) is 31.9 Å². The van der Waals surface area contributed by atoms with E-state index < -0.39 is 0 Å². The Balaban J connectivity index is 2.77. The molecule has 1 unspecified atom stereocenters. The van der Waals surface area contributed by atoms with Crippen LogP contribution in [-0.4, -0.2) is 17.8 Å². The van der Waals surface area contributed by atoms with Gasteiger partial charge in [-0.1, -0.05) is 20.3 Å². The van der Waals surface area contributed by atoms with E-state index in [0.717, 1.165) is 36.3 Å². The summed E-state index contributed by atoms with van der Waals surface area (Å²) in [7, 11) is 0. The standard InChI is InChI=1S/C15H24O3/c1-4-6-12(3)18-15-10-14(17-9-5-2)8-7-13(15)11-16/h7-8,10,12,16H,4-6,9,11H2,1-3H3. The van der Waals surface area contributed by atoms with E-state index in [9.17, 15) is 5.11 Å². The van der Waals surface area contributed by atoms with Crippen molar-refractivity contribution >= 4 is 0 Å². The van der Waals surface area contributed by atoms with E-state index in [2.05, 4.69) is 13.8 Å². The zero-order valence-corrected chi connectivity index (χ0v) is 11.6. The molecule has 3 heteroatoms. The average Bonchev–Trinajstić information content (AvgIpc) is 2.37. The monoisotopic (exact) mass is 252 g/mol. The highest BCUT2D eigenvalue weighted by Crippen LogP contribution is 2.26. The molecule has 0 fully saturated rings. The Hall–Kier alpha value is -1.22. The third-order valence-electron chi connectivity index (χ3n) is 2.71. The molecule has 102 valence electrons. The Morgan fingerprint density at radius 3 is 2.61 bits per heavy atom. The van der Waals surface area contributed by atoms with Gasteiger partial charge in [0.05, 0.1) is 19.3 Å². The lowest BCUT2D eigenvalue weighted by atomic mass is 10.2. The SMILES string of the molecule is CCCOc1ccc(CO)c(OC(C)CCC)c1. The fourth-order valence-electron chi connectivity index (χ4n) is 1.77.